The fourth-order valence-corrected chi connectivity index (χ4v) is 3.07. The summed E-state index contributed by atoms with van der Waals surface area (Å²) < 4.78 is 18.3. The van der Waals surface area contributed by atoms with Crippen LogP contribution in [0.5, 0.6) is 0 Å². The Bertz CT molecular complexity index is 656. The molecule has 122 valence electrons. The van der Waals surface area contributed by atoms with E-state index in [0.717, 1.165) is 30.0 Å². The van der Waals surface area contributed by atoms with Crippen molar-refractivity contribution in [1.29, 1.82) is 0 Å². The lowest BCUT2D eigenvalue weighted by Crippen LogP contribution is -2.34. The molecule has 8 heteroatoms. The van der Waals surface area contributed by atoms with Crippen molar-refractivity contribution in [2.24, 2.45) is 0 Å². The van der Waals surface area contributed by atoms with Crippen LogP contribution >= 0.6 is 11.3 Å². The Hall–Kier alpha value is -2.06. The molecule has 0 radical (unpaired) electrons. The Kier molecular flexibility index (Phi) is 5.14. The molecule has 0 unspecified atom stereocenters. The number of halogens is 1. The van der Waals surface area contributed by atoms with Crippen molar-refractivity contribution < 1.29 is 13.9 Å². The van der Waals surface area contributed by atoms with Gasteiger partial charge < -0.3 is 10.1 Å². The predicted molar refractivity (Wildman–Crippen MR) is 85.1 cm³/mol. The predicted octanol–water partition coefficient (Wildman–Crippen LogP) is 2.57. The van der Waals surface area contributed by atoms with Gasteiger partial charge in [-0.1, -0.05) is 23.5 Å². The number of nitrogens with zero attached hydrogens (tertiary/aromatic N) is 2. The summed E-state index contributed by atoms with van der Waals surface area (Å²) >= 11 is 1.30. The van der Waals surface area contributed by atoms with E-state index in [-0.39, 0.29) is 18.0 Å². The monoisotopic (exact) mass is 336 g/mol. The van der Waals surface area contributed by atoms with Gasteiger partial charge in [0, 0.05) is 19.6 Å². The zero-order valence-electron chi connectivity index (χ0n) is 12.4. The molecule has 2 N–H and O–H groups in total. The van der Waals surface area contributed by atoms with Gasteiger partial charge in [0.1, 0.15) is 10.8 Å². The average molecular weight is 336 g/mol. The fourth-order valence-electron chi connectivity index (χ4n) is 2.31. The van der Waals surface area contributed by atoms with Crippen LogP contribution in [-0.2, 0) is 11.2 Å². The van der Waals surface area contributed by atoms with Gasteiger partial charge in [-0.2, -0.15) is 0 Å². The molecule has 2 heterocycles. The minimum Gasteiger partial charge on any atom is -0.376 e. The lowest BCUT2D eigenvalue weighted by molar-refractivity contribution is 0.112. The number of carbonyl (C=O) groups is 1. The van der Waals surface area contributed by atoms with Gasteiger partial charge >= 0.3 is 6.03 Å². The van der Waals surface area contributed by atoms with Crippen LogP contribution in [0.3, 0.4) is 0 Å². The zero-order valence-corrected chi connectivity index (χ0v) is 13.2. The molecule has 1 fully saturated rings. The Morgan fingerprint density at radius 3 is 2.91 bits per heavy atom. The third-order valence-electron chi connectivity index (χ3n) is 3.47. The number of benzene rings is 1. The molecule has 1 aliphatic heterocycles. The highest BCUT2D eigenvalue weighted by molar-refractivity contribution is 7.15. The summed E-state index contributed by atoms with van der Waals surface area (Å²) in [6, 6.07) is 5.92. The van der Waals surface area contributed by atoms with E-state index in [1.165, 1.54) is 23.5 Å². The van der Waals surface area contributed by atoms with Gasteiger partial charge in [-0.05, 0) is 30.5 Å². The lowest BCUT2D eigenvalue weighted by Gasteiger charge is -2.10. The highest BCUT2D eigenvalue weighted by Crippen LogP contribution is 2.18. The van der Waals surface area contributed by atoms with Crippen LogP contribution in [0.4, 0.5) is 14.3 Å². The Morgan fingerprint density at radius 2 is 2.17 bits per heavy atom. The molecule has 23 heavy (non-hydrogen) atoms. The van der Waals surface area contributed by atoms with E-state index in [4.69, 9.17) is 4.74 Å². The Balaban J connectivity index is 1.48. The molecule has 3 rings (SSSR count). The highest BCUT2D eigenvalue weighted by Gasteiger charge is 2.16. The molecule has 1 saturated heterocycles. The van der Waals surface area contributed by atoms with Crippen LogP contribution in [0.25, 0.3) is 0 Å². The second-order valence-electron chi connectivity index (χ2n) is 5.27. The summed E-state index contributed by atoms with van der Waals surface area (Å²) in [7, 11) is 0. The normalized spacial score (nSPS) is 17.2. The number of rotatable bonds is 5. The number of aromatic nitrogens is 2. The largest absolute Gasteiger partial charge is 0.376 e. The van der Waals surface area contributed by atoms with Crippen LogP contribution in [0, 0.1) is 5.82 Å². The van der Waals surface area contributed by atoms with Crippen molar-refractivity contribution in [3.63, 3.8) is 0 Å². The maximum absolute atomic E-state index is 12.9. The number of nitrogens with one attached hydrogen (secondary N) is 2. The van der Waals surface area contributed by atoms with Crippen LogP contribution in [0.1, 0.15) is 23.4 Å². The summed E-state index contributed by atoms with van der Waals surface area (Å²) in [5.74, 6) is -0.267. The number of anilines is 1. The first-order valence-corrected chi connectivity index (χ1v) is 8.24. The molecule has 1 aromatic carbocycles. The third-order valence-corrected chi connectivity index (χ3v) is 4.31. The summed E-state index contributed by atoms with van der Waals surface area (Å²) in [5, 5.41) is 14.6. The van der Waals surface area contributed by atoms with Crippen molar-refractivity contribution in [3.05, 3.63) is 40.7 Å². The molecule has 0 saturated carbocycles. The van der Waals surface area contributed by atoms with Gasteiger partial charge in [-0.25, -0.2) is 9.18 Å². The summed E-state index contributed by atoms with van der Waals surface area (Å²) in [4.78, 5) is 11.8. The second kappa shape index (κ2) is 7.47. The topological polar surface area (TPSA) is 76.1 Å². The van der Waals surface area contributed by atoms with Gasteiger partial charge in [0.2, 0.25) is 5.13 Å². The molecule has 0 spiro atoms. The second-order valence-corrected chi connectivity index (χ2v) is 6.34. The molecule has 1 atom stereocenters. The van der Waals surface area contributed by atoms with Crippen LogP contribution in [0.15, 0.2) is 24.3 Å². The number of urea groups is 1. The first-order valence-electron chi connectivity index (χ1n) is 7.42. The van der Waals surface area contributed by atoms with Gasteiger partial charge in [-0.15, -0.1) is 10.2 Å². The standard InChI is InChI=1S/C15H17FN4O2S/c16-11-5-3-10(4-6-11)8-13-19-20-15(23-13)18-14(21)17-9-12-2-1-7-22-12/h3-6,12H,1-2,7-9H2,(H2,17,18,20,21)/t12-/m1/s1. The first kappa shape index (κ1) is 15.8. The third kappa shape index (κ3) is 4.70. The smallest absolute Gasteiger partial charge is 0.321 e. The van der Waals surface area contributed by atoms with Crippen molar-refractivity contribution in [1.82, 2.24) is 15.5 Å². The van der Waals surface area contributed by atoms with Crippen molar-refractivity contribution in [2.45, 2.75) is 25.4 Å². The average Bonchev–Trinajstić information content (AvgIpc) is 3.20. The molecule has 1 aromatic heterocycles. The molecule has 1 aliphatic rings. The fraction of sp³-hybridized carbons (Fsp3) is 0.400. The number of amides is 2. The molecular weight excluding hydrogens is 319 g/mol. The van der Waals surface area contributed by atoms with Crippen LogP contribution in [-0.4, -0.2) is 35.5 Å². The van der Waals surface area contributed by atoms with E-state index in [9.17, 15) is 9.18 Å². The highest BCUT2D eigenvalue weighted by atomic mass is 32.1. The number of hydrogen-bond donors (Lipinski definition) is 2. The van der Waals surface area contributed by atoms with Gasteiger partial charge in [-0.3, -0.25) is 5.32 Å². The minimum atomic E-state index is -0.315. The SMILES string of the molecule is O=C(NC[C@H]1CCCO1)Nc1nnc(Cc2ccc(F)cc2)s1. The number of ether oxygens (including phenoxy) is 1. The maximum Gasteiger partial charge on any atom is 0.321 e. The van der Waals surface area contributed by atoms with Crippen LogP contribution in [0.2, 0.25) is 0 Å². The van der Waals surface area contributed by atoms with Gasteiger partial charge in [0.15, 0.2) is 0 Å². The van der Waals surface area contributed by atoms with E-state index in [1.54, 1.807) is 12.1 Å². The van der Waals surface area contributed by atoms with Gasteiger partial charge in [0.25, 0.3) is 0 Å². The van der Waals surface area contributed by atoms with Crippen LogP contribution < -0.4 is 10.6 Å². The lowest BCUT2D eigenvalue weighted by atomic mass is 10.2. The van der Waals surface area contributed by atoms with Crippen molar-refractivity contribution >= 4 is 22.5 Å². The van der Waals surface area contributed by atoms with E-state index >= 15 is 0 Å². The molecule has 0 bridgehead atoms. The maximum atomic E-state index is 12.9. The first-order chi connectivity index (χ1) is 11.2. The molecule has 0 aliphatic carbocycles. The van der Waals surface area contributed by atoms with Crippen molar-refractivity contribution in [3.8, 4) is 0 Å². The summed E-state index contributed by atoms with van der Waals surface area (Å²) in [5.41, 5.74) is 0.942. The van der Waals surface area contributed by atoms with Gasteiger partial charge in [0.05, 0.1) is 6.10 Å². The molecule has 2 aromatic rings. The number of carbonyl (C=O) groups excluding carboxylic acids is 1. The Morgan fingerprint density at radius 1 is 1.35 bits per heavy atom. The molecule has 2 amide bonds. The quantitative estimate of drug-likeness (QED) is 0.880. The molecular formula is C15H17FN4O2S. The summed E-state index contributed by atoms with van der Waals surface area (Å²) in [6.07, 6.45) is 2.67. The minimum absolute atomic E-state index is 0.101. The van der Waals surface area contributed by atoms with E-state index in [2.05, 4.69) is 20.8 Å². The summed E-state index contributed by atoms with van der Waals surface area (Å²) in [6.45, 7) is 1.25. The molecule has 6 nitrogen and oxygen atoms in total. The van der Waals surface area contributed by atoms with E-state index < -0.39 is 0 Å². The zero-order chi connectivity index (χ0) is 16.1. The number of hydrogen-bond acceptors (Lipinski definition) is 5. The Labute approximate surface area is 137 Å². The van der Waals surface area contributed by atoms with Crippen molar-refractivity contribution in [2.75, 3.05) is 18.5 Å². The van der Waals surface area contributed by atoms with E-state index in [1.807, 2.05) is 0 Å². The van der Waals surface area contributed by atoms with E-state index in [0.29, 0.717) is 18.1 Å².